The van der Waals surface area contributed by atoms with E-state index in [1.54, 1.807) is 0 Å². The van der Waals surface area contributed by atoms with E-state index < -0.39 is 5.82 Å². The molecular formula is C8H4BrFN2O. The van der Waals surface area contributed by atoms with Crippen LogP contribution in [0.5, 0.6) is 0 Å². The molecule has 0 saturated carbocycles. The molecule has 0 radical (unpaired) electrons. The van der Waals surface area contributed by atoms with E-state index in [1.165, 1.54) is 12.1 Å². The maximum Gasteiger partial charge on any atom is 0.266 e. The van der Waals surface area contributed by atoms with Gasteiger partial charge in [-0.05, 0) is 28.1 Å². The van der Waals surface area contributed by atoms with Crippen molar-refractivity contribution in [3.8, 4) is 0 Å². The Morgan fingerprint density at radius 3 is 3.00 bits per heavy atom. The highest BCUT2D eigenvalue weighted by atomic mass is 79.9. The van der Waals surface area contributed by atoms with Crippen LogP contribution in [0.3, 0.4) is 0 Å². The molecule has 0 unspecified atom stereocenters. The van der Waals surface area contributed by atoms with Crippen molar-refractivity contribution in [2.45, 2.75) is 0 Å². The van der Waals surface area contributed by atoms with Crippen LogP contribution in [0.4, 0.5) is 4.39 Å². The molecule has 2 rings (SSSR count). The van der Waals surface area contributed by atoms with Crippen LogP contribution < -0.4 is 5.56 Å². The Bertz CT molecular complexity index is 523. The zero-order valence-corrected chi connectivity index (χ0v) is 7.93. The van der Waals surface area contributed by atoms with E-state index in [1.807, 2.05) is 0 Å². The number of fused-ring (bicyclic) bond motifs is 1. The fraction of sp³-hybridized carbons (Fsp3) is 0. The van der Waals surface area contributed by atoms with Gasteiger partial charge in [0.05, 0.1) is 11.7 Å². The van der Waals surface area contributed by atoms with Crippen molar-refractivity contribution < 1.29 is 4.39 Å². The fourth-order valence-corrected chi connectivity index (χ4v) is 1.62. The minimum absolute atomic E-state index is 0.343. The zero-order valence-electron chi connectivity index (χ0n) is 6.34. The second kappa shape index (κ2) is 2.92. The lowest BCUT2D eigenvalue weighted by Crippen LogP contribution is -2.05. The number of hydrogen-bond acceptors (Lipinski definition) is 2. The smallest absolute Gasteiger partial charge is 0.266 e. The monoisotopic (exact) mass is 242 g/mol. The molecule has 0 atom stereocenters. The first-order valence-electron chi connectivity index (χ1n) is 3.51. The van der Waals surface area contributed by atoms with Gasteiger partial charge in [-0.25, -0.2) is 9.37 Å². The minimum atomic E-state index is -0.414. The number of aromatic nitrogens is 2. The molecule has 0 aliphatic rings. The Hall–Kier alpha value is -1.23. The average molecular weight is 243 g/mol. The largest absolute Gasteiger partial charge is 0.319 e. The lowest BCUT2D eigenvalue weighted by atomic mass is 10.3. The molecule has 1 N–H and O–H groups in total. The normalized spacial score (nSPS) is 10.6. The maximum absolute atomic E-state index is 12.8. The van der Waals surface area contributed by atoms with Gasteiger partial charge in [-0.3, -0.25) is 4.79 Å². The summed E-state index contributed by atoms with van der Waals surface area (Å²) in [6.45, 7) is 0. The Labute approximate surface area is 80.7 Å². The molecule has 1 aromatic heterocycles. The Morgan fingerprint density at radius 1 is 1.46 bits per heavy atom. The molecule has 66 valence electrons. The van der Waals surface area contributed by atoms with Crippen molar-refractivity contribution in [1.29, 1.82) is 0 Å². The van der Waals surface area contributed by atoms with Gasteiger partial charge < -0.3 is 4.98 Å². The van der Waals surface area contributed by atoms with Crippen LogP contribution in [0, 0.1) is 5.82 Å². The molecule has 0 aliphatic carbocycles. The van der Waals surface area contributed by atoms with E-state index in [-0.39, 0.29) is 5.56 Å². The summed E-state index contributed by atoms with van der Waals surface area (Å²) in [6, 6.07) is 2.53. The van der Waals surface area contributed by atoms with Crippen molar-refractivity contribution in [3.63, 3.8) is 0 Å². The number of halogens is 2. The van der Waals surface area contributed by atoms with Gasteiger partial charge in [0.2, 0.25) is 0 Å². The number of aromatic amines is 1. The number of hydrogen-bond donors (Lipinski definition) is 1. The Morgan fingerprint density at radius 2 is 2.23 bits per heavy atom. The number of benzene rings is 1. The third-order valence-electron chi connectivity index (χ3n) is 1.60. The first kappa shape index (κ1) is 8.37. The Balaban J connectivity index is 2.94. The van der Waals surface area contributed by atoms with Crippen molar-refractivity contribution >= 4 is 27.0 Å². The quantitative estimate of drug-likeness (QED) is 0.767. The SMILES string of the molecule is O=c1cnc2c(Br)cc(F)cc2[nH]1. The van der Waals surface area contributed by atoms with Crippen molar-refractivity contribution in [3.05, 3.63) is 39.0 Å². The second-order valence-electron chi connectivity index (χ2n) is 2.53. The maximum atomic E-state index is 12.8. The standard InChI is InChI=1S/C8H4BrFN2O/c9-5-1-4(10)2-6-8(5)11-3-7(13)12-6/h1-3H,(H,12,13). The highest BCUT2D eigenvalue weighted by molar-refractivity contribution is 9.10. The summed E-state index contributed by atoms with van der Waals surface area (Å²) in [7, 11) is 0. The molecule has 0 aliphatic heterocycles. The van der Waals surface area contributed by atoms with E-state index >= 15 is 0 Å². The third-order valence-corrected chi connectivity index (χ3v) is 2.20. The molecule has 2 aromatic rings. The molecule has 0 amide bonds. The summed E-state index contributed by atoms with van der Waals surface area (Å²) in [5, 5.41) is 0. The summed E-state index contributed by atoms with van der Waals surface area (Å²) in [5.74, 6) is -0.414. The lowest BCUT2D eigenvalue weighted by Gasteiger charge is -1.98. The number of H-pyrrole nitrogens is 1. The van der Waals surface area contributed by atoms with Crippen molar-refractivity contribution in [2.75, 3.05) is 0 Å². The molecule has 3 nitrogen and oxygen atoms in total. The molecule has 0 fully saturated rings. The van der Waals surface area contributed by atoms with Gasteiger partial charge in [0.25, 0.3) is 5.56 Å². The van der Waals surface area contributed by atoms with Gasteiger partial charge in [0.15, 0.2) is 0 Å². The molecule has 0 saturated heterocycles. The molecule has 0 bridgehead atoms. The fourth-order valence-electron chi connectivity index (χ4n) is 1.08. The highest BCUT2D eigenvalue weighted by Gasteiger charge is 2.03. The van der Waals surface area contributed by atoms with E-state index in [2.05, 4.69) is 25.9 Å². The number of nitrogens with one attached hydrogen (secondary N) is 1. The van der Waals surface area contributed by atoms with Crippen molar-refractivity contribution in [2.24, 2.45) is 0 Å². The molecule has 1 heterocycles. The van der Waals surface area contributed by atoms with Gasteiger partial charge in [-0.2, -0.15) is 0 Å². The van der Waals surface area contributed by atoms with Gasteiger partial charge in [0.1, 0.15) is 11.3 Å². The van der Waals surface area contributed by atoms with Crippen LogP contribution in [0.2, 0.25) is 0 Å². The summed E-state index contributed by atoms with van der Waals surface area (Å²) in [5.41, 5.74) is 0.588. The molecule has 13 heavy (non-hydrogen) atoms. The van der Waals surface area contributed by atoms with Crippen LogP contribution in [-0.4, -0.2) is 9.97 Å². The first-order valence-corrected chi connectivity index (χ1v) is 4.30. The predicted molar refractivity (Wildman–Crippen MR) is 50.0 cm³/mol. The molecule has 5 heteroatoms. The van der Waals surface area contributed by atoms with Crippen LogP contribution in [0.1, 0.15) is 0 Å². The second-order valence-corrected chi connectivity index (χ2v) is 3.39. The van der Waals surface area contributed by atoms with Crippen LogP contribution >= 0.6 is 15.9 Å². The topological polar surface area (TPSA) is 45.8 Å². The van der Waals surface area contributed by atoms with Crippen LogP contribution in [0.15, 0.2) is 27.6 Å². The molecule has 1 aromatic carbocycles. The van der Waals surface area contributed by atoms with Crippen LogP contribution in [-0.2, 0) is 0 Å². The molecular weight excluding hydrogens is 239 g/mol. The first-order chi connectivity index (χ1) is 6.16. The van der Waals surface area contributed by atoms with E-state index in [9.17, 15) is 9.18 Å². The summed E-state index contributed by atoms with van der Waals surface area (Å²) >= 11 is 3.15. The summed E-state index contributed by atoms with van der Waals surface area (Å²) in [6.07, 6.45) is 1.16. The summed E-state index contributed by atoms with van der Waals surface area (Å²) < 4.78 is 13.4. The number of rotatable bonds is 0. The summed E-state index contributed by atoms with van der Waals surface area (Å²) in [4.78, 5) is 17.2. The van der Waals surface area contributed by atoms with E-state index in [0.29, 0.717) is 15.5 Å². The van der Waals surface area contributed by atoms with E-state index in [4.69, 9.17) is 0 Å². The zero-order chi connectivity index (χ0) is 9.42. The molecule has 0 spiro atoms. The minimum Gasteiger partial charge on any atom is -0.319 e. The average Bonchev–Trinajstić information content (AvgIpc) is 2.02. The van der Waals surface area contributed by atoms with Crippen molar-refractivity contribution in [1.82, 2.24) is 9.97 Å². The van der Waals surface area contributed by atoms with E-state index in [0.717, 1.165) is 6.20 Å². The van der Waals surface area contributed by atoms with Gasteiger partial charge in [-0.15, -0.1) is 0 Å². The lowest BCUT2D eigenvalue weighted by molar-refractivity contribution is 0.628. The van der Waals surface area contributed by atoms with Gasteiger partial charge >= 0.3 is 0 Å². The highest BCUT2D eigenvalue weighted by Crippen LogP contribution is 2.20. The van der Waals surface area contributed by atoms with Gasteiger partial charge in [0, 0.05) is 4.47 Å². The predicted octanol–water partition coefficient (Wildman–Crippen LogP) is 1.82. The number of nitrogens with zero attached hydrogens (tertiary/aromatic N) is 1. The van der Waals surface area contributed by atoms with Gasteiger partial charge in [-0.1, -0.05) is 0 Å². The Kier molecular flexibility index (Phi) is 1.88. The van der Waals surface area contributed by atoms with Crippen LogP contribution in [0.25, 0.3) is 11.0 Å². The third kappa shape index (κ3) is 1.47.